The average molecular weight is 438 g/mol. The van der Waals surface area contributed by atoms with Gasteiger partial charge in [-0.3, -0.25) is 9.40 Å². The molecule has 0 spiro atoms. The van der Waals surface area contributed by atoms with Gasteiger partial charge in [0.15, 0.2) is 0 Å². The molecule has 0 aliphatic rings. The second-order valence-corrected chi connectivity index (χ2v) is 9.26. The van der Waals surface area contributed by atoms with Gasteiger partial charge in [-0.15, -0.1) is 0 Å². The second kappa shape index (κ2) is 7.78. The zero-order valence-electron chi connectivity index (χ0n) is 16.0. The summed E-state index contributed by atoms with van der Waals surface area (Å²) >= 11 is 12.4. The molecule has 0 bridgehead atoms. The van der Waals surface area contributed by atoms with Crippen molar-refractivity contribution in [2.45, 2.75) is 39.1 Å². The molecule has 0 fully saturated rings. The molecule has 5 nitrogen and oxygen atoms in total. The van der Waals surface area contributed by atoms with E-state index >= 15 is 0 Å². The maximum Gasteiger partial charge on any atom is 0.262 e. The number of benzene rings is 2. The first-order valence-electron chi connectivity index (χ1n) is 8.65. The molecule has 0 saturated heterocycles. The molecule has 0 atom stereocenters. The summed E-state index contributed by atoms with van der Waals surface area (Å²) in [6, 6.07) is 7.27. The van der Waals surface area contributed by atoms with E-state index in [0.717, 1.165) is 27.8 Å². The zero-order valence-corrected chi connectivity index (χ0v) is 18.4. The van der Waals surface area contributed by atoms with Gasteiger partial charge < -0.3 is 0 Å². The summed E-state index contributed by atoms with van der Waals surface area (Å²) in [6.45, 7) is 7.79. The van der Waals surface area contributed by atoms with Crippen molar-refractivity contribution in [1.82, 2.24) is 9.78 Å². The molecule has 0 saturated carbocycles. The van der Waals surface area contributed by atoms with Gasteiger partial charge in [-0.1, -0.05) is 35.3 Å². The third-order valence-corrected chi connectivity index (χ3v) is 7.20. The quantitative estimate of drug-likeness (QED) is 0.590. The highest BCUT2D eigenvalue weighted by atomic mass is 35.5. The van der Waals surface area contributed by atoms with Crippen LogP contribution in [0.25, 0.3) is 0 Å². The van der Waals surface area contributed by atoms with Crippen molar-refractivity contribution in [3.05, 3.63) is 74.5 Å². The smallest absolute Gasteiger partial charge is 0.262 e. The number of nitrogens with zero attached hydrogens (tertiary/aromatic N) is 2. The number of halogens is 2. The van der Waals surface area contributed by atoms with Crippen LogP contribution in [-0.4, -0.2) is 18.2 Å². The van der Waals surface area contributed by atoms with E-state index in [1.807, 2.05) is 33.8 Å². The zero-order chi connectivity index (χ0) is 20.6. The number of hydrogen-bond acceptors (Lipinski definition) is 3. The van der Waals surface area contributed by atoms with Crippen LogP contribution in [0.5, 0.6) is 0 Å². The van der Waals surface area contributed by atoms with Gasteiger partial charge in [-0.25, -0.2) is 8.42 Å². The fourth-order valence-electron chi connectivity index (χ4n) is 3.14. The van der Waals surface area contributed by atoms with Gasteiger partial charge in [0.25, 0.3) is 10.0 Å². The van der Waals surface area contributed by atoms with E-state index in [1.165, 1.54) is 6.20 Å². The van der Waals surface area contributed by atoms with E-state index in [2.05, 4.69) is 9.82 Å². The summed E-state index contributed by atoms with van der Waals surface area (Å²) in [5, 5.41) is 5.29. The molecule has 2 aromatic carbocycles. The molecule has 3 rings (SSSR count). The Morgan fingerprint density at radius 3 is 2.18 bits per heavy atom. The van der Waals surface area contributed by atoms with Crippen LogP contribution >= 0.6 is 23.2 Å². The molecular weight excluding hydrogens is 417 g/mol. The van der Waals surface area contributed by atoms with E-state index in [-0.39, 0.29) is 0 Å². The number of aryl methyl sites for hydroxylation is 2. The van der Waals surface area contributed by atoms with Crippen LogP contribution in [0.4, 0.5) is 5.69 Å². The summed E-state index contributed by atoms with van der Waals surface area (Å²) < 4.78 is 30.3. The van der Waals surface area contributed by atoms with E-state index in [4.69, 9.17) is 23.2 Å². The highest BCUT2D eigenvalue weighted by molar-refractivity contribution is 7.92. The van der Waals surface area contributed by atoms with E-state index < -0.39 is 10.0 Å². The van der Waals surface area contributed by atoms with Crippen molar-refractivity contribution in [3.63, 3.8) is 0 Å². The molecule has 148 valence electrons. The van der Waals surface area contributed by atoms with Crippen molar-refractivity contribution in [2.75, 3.05) is 4.72 Å². The van der Waals surface area contributed by atoms with Gasteiger partial charge in [0.1, 0.15) is 0 Å². The summed E-state index contributed by atoms with van der Waals surface area (Å²) in [4.78, 5) is 0.312. The number of sulfonamides is 1. The first-order valence-corrected chi connectivity index (χ1v) is 10.9. The van der Waals surface area contributed by atoms with Gasteiger partial charge >= 0.3 is 0 Å². The molecule has 28 heavy (non-hydrogen) atoms. The predicted molar refractivity (Wildman–Crippen MR) is 114 cm³/mol. The van der Waals surface area contributed by atoms with E-state index in [0.29, 0.717) is 27.2 Å². The van der Waals surface area contributed by atoms with Crippen molar-refractivity contribution in [2.24, 2.45) is 0 Å². The van der Waals surface area contributed by atoms with Crippen LogP contribution in [0.1, 0.15) is 27.8 Å². The molecule has 3 aromatic rings. The Kier molecular flexibility index (Phi) is 5.75. The van der Waals surface area contributed by atoms with Gasteiger partial charge in [-0.2, -0.15) is 5.10 Å². The minimum Gasteiger partial charge on any atom is -0.276 e. The highest BCUT2D eigenvalue weighted by Crippen LogP contribution is 2.28. The maximum absolute atomic E-state index is 13.0. The van der Waals surface area contributed by atoms with Crippen molar-refractivity contribution in [1.29, 1.82) is 0 Å². The van der Waals surface area contributed by atoms with Crippen LogP contribution < -0.4 is 4.72 Å². The van der Waals surface area contributed by atoms with Gasteiger partial charge in [0.2, 0.25) is 0 Å². The second-order valence-electron chi connectivity index (χ2n) is 6.82. The van der Waals surface area contributed by atoms with Crippen LogP contribution in [0.3, 0.4) is 0 Å². The third-order valence-electron chi connectivity index (χ3n) is 4.83. The fourth-order valence-corrected chi connectivity index (χ4v) is 5.30. The predicted octanol–water partition coefficient (Wildman–Crippen LogP) is 5.27. The third kappa shape index (κ3) is 4.04. The minimum absolute atomic E-state index is 0.312. The Morgan fingerprint density at radius 1 is 1.04 bits per heavy atom. The number of hydrogen-bond donors (Lipinski definition) is 1. The summed E-state index contributed by atoms with van der Waals surface area (Å²) in [5.41, 5.74) is 4.46. The Hall–Kier alpha value is -2.02. The Bertz CT molecular complexity index is 1110. The van der Waals surface area contributed by atoms with Gasteiger partial charge in [0, 0.05) is 21.8 Å². The normalized spacial score (nSPS) is 11.6. The first-order chi connectivity index (χ1) is 13.1. The molecule has 1 aromatic heterocycles. The molecule has 8 heteroatoms. The van der Waals surface area contributed by atoms with Gasteiger partial charge in [-0.05, 0) is 62.1 Å². The molecule has 0 aliphatic carbocycles. The summed E-state index contributed by atoms with van der Waals surface area (Å²) in [6.07, 6.45) is 3.08. The van der Waals surface area contributed by atoms with Crippen molar-refractivity contribution >= 4 is 38.9 Å². The minimum atomic E-state index is -3.75. The van der Waals surface area contributed by atoms with Crippen LogP contribution in [0, 0.1) is 27.7 Å². The lowest BCUT2D eigenvalue weighted by molar-refractivity contribution is 0.599. The topological polar surface area (TPSA) is 64.0 Å². The standard InChI is InChI=1S/C20H21Cl2N3O2S/c1-12-8-13(2)15(4)20(14(12)3)28(26,27)24-16-9-23-25(10-16)11-17-18(21)6-5-7-19(17)22/h5-10,24H,11H2,1-4H3. The van der Waals surface area contributed by atoms with E-state index in [1.54, 1.807) is 29.1 Å². The lowest BCUT2D eigenvalue weighted by atomic mass is 10.0. The molecule has 0 radical (unpaired) electrons. The van der Waals surface area contributed by atoms with Crippen molar-refractivity contribution < 1.29 is 8.42 Å². The molecule has 0 aliphatic heterocycles. The summed E-state index contributed by atoms with van der Waals surface area (Å²) in [5.74, 6) is 0. The van der Waals surface area contributed by atoms with E-state index in [9.17, 15) is 8.42 Å². The first kappa shape index (κ1) is 20.7. The lowest BCUT2D eigenvalue weighted by Gasteiger charge is -2.16. The molecule has 0 unspecified atom stereocenters. The Morgan fingerprint density at radius 2 is 1.61 bits per heavy atom. The van der Waals surface area contributed by atoms with Crippen molar-refractivity contribution in [3.8, 4) is 0 Å². The molecule has 1 heterocycles. The molecule has 0 amide bonds. The monoisotopic (exact) mass is 437 g/mol. The van der Waals surface area contributed by atoms with Gasteiger partial charge in [0.05, 0.1) is 23.3 Å². The SMILES string of the molecule is Cc1cc(C)c(C)c(S(=O)(=O)Nc2cnn(Cc3c(Cl)cccc3Cl)c2)c1C. The van der Waals surface area contributed by atoms with Crippen LogP contribution in [-0.2, 0) is 16.6 Å². The average Bonchev–Trinajstić information content (AvgIpc) is 3.03. The largest absolute Gasteiger partial charge is 0.276 e. The number of aromatic nitrogens is 2. The molecule has 1 N–H and O–H groups in total. The Balaban J connectivity index is 1.90. The molecular formula is C20H21Cl2N3O2S. The highest BCUT2D eigenvalue weighted by Gasteiger charge is 2.22. The number of anilines is 1. The fraction of sp³-hybridized carbons (Fsp3) is 0.250. The van der Waals surface area contributed by atoms with Crippen LogP contribution in [0.15, 0.2) is 41.6 Å². The number of rotatable bonds is 5. The number of nitrogens with one attached hydrogen (secondary N) is 1. The summed E-state index contributed by atoms with van der Waals surface area (Å²) in [7, 11) is -3.75. The lowest BCUT2D eigenvalue weighted by Crippen LogP contribution is -2.16. The Labute approximate surface area is 175 Å². The maximum atomic E-state index is 13.0. The van der Waals surface area contributed by atoms with Crippen LogP contribution in [0.2, 0.25) is 10.0 Å².